The molecule has 0 saturated heterocycles. The monoisotopic (exact) mass is 217 g/mol. The molecular weight excluding hydrogens is 202 g/mol. The number of furan rings is 1. The van der Waals surface area contributed by atoms with Crippen LogP contribution in [-0.2, 0) is 16.3 Å². The van der Waals surface area contributed by atoms with Gasteiger partial charge in [-0.25, -0.2) is 8.42 Å². The smallest absolute Gasteiger partial charge is 0.151 e. The highest BCUT2D eigenvalue weighted by atomic mass is 32.2. The fraction of sp³-hybridized carbons (Fsp3) is 0.556. The number of sulfone groups is 1. The Labute approximate surface area is 84.0 Å². The van der Waals surface area contributed by atoms with E-state index in [0.29, 0.717) is 6.42 Å². The average molecular weight is 217 g/mol. The van der Waals surface area contributed by atoms with E-state index in [9.17, 15) is 8.42 Å². The van der Waals surface area contributed by atoms with Crippen molar-refractivity contribution in [3.8, 4) is 0 Å². The summed E-state index contributed by atoms with van der Waals surface area (Å²) in [6.45, 7) is 1.63. The Kier molecular flexibility index (Phi) is 3.34. The number of hydrogen-bond acceptors (Lipinski definition) is 4. The van der Waals surface area contributed by atoms with E-state index in [0.717, 1.165) is 5.56 Å². The fourth-order valence-corrected chi connectivity index (χ4v) is 1.90. The summed E-state index contributed by atoms with van der Waals surface area (Å²) in [4.78, 5) is 0. The standard InChI is InChI=1S/C9H15NO3S/c1-7(14(2,11)12)9(10)5-8-3-4-13-6-8/h3-4,6-7,9H,5,10H2,1-2H3. The molecule has 0 aromatic carbocycles. The maximum Gasteiger partial charge on any atom is 0.151 e. The van der Waals surface area contributed by atoms with Crippen LogP contribution in [0.1, 0.15) is 12.5 Å². The molecule has 0 amide bonds. The van der Waals surface area contributed by atoms with Crippen LogP contribution in [0, 0.1) is 0 Å². The molecule has 2 atom stereocenters. The molecule has 0 bridgehead atoms. The van der Waals surface area contributed by atoms with Crippen molar-refractivity contribution in [2.45, 2.75) is 24.6 Å². The van der Waals surface area contributed by atoms with E-state index in [-0.39, 0.29) is 6.04 Å². The summed E-state index contributed by atoms with van der Waals surface area (Å²) in [5, 5.41) is -0.530. The minimum Gasteiger partial charge on any atom is -0.472 e. The van der Waals surface area contributed by atoms with Gasteiger partial charge in [-0.2, -0.15) is 0 Å². The first-order valence-corrected chi connectivity index (χ1v) is 6.32. The summed E-state index contributed by atoms with van der Waals surface area (Å²) in [5.74, 6) is 0. The summed E-state index contributed by atoms with van der Waals surface area (Å²) in [6.07, 6.45) is 4.85. The average Bonchev–Trinajstić information content (AvgIpc) is 2.53. The molecule has 14 heavy (non-hydrogen) atoms. The first kappa shape index (κ1) is 11.3. The molecule has 0 fully saturated rings. The molecular formula is C9H15NO3S. The molecule has 1 heterocycles. The van der Waals surface area contributed by atoms with Crippen molar-refractivity contribution in [3.63, 3.8) is 0 Å². The van der Waals surface area contributed by atoms with Gasteiger partial charge in [0.2, 0.25) is 0 Å². The van der Waals surface area contributed by atoms with Crippen LogP contribution in [-0.4, -0.2) is 26.0 Å². The van der Waals surface area contributed by atoms with E-state index in [1.807, 2.05) is 0 Å². The third-order valence-corrected chi connectivity index (χ3v) is 4.03. The van der Waals surface area contributed by atoms with E-state index in [2.05, 4.69) is 0 Å². The van der Waals surface area contributed by atoms with Crippen LogP contribution >= 0.6 is 0 Å². The van der Waals surface area contributed by atoms with Gasteiger partial charge >= 0.3 is 0 Å². The second-order valence-corrected chi connectivity index (χ2v) is 5.94. The molecule has 0 aliphatic heterocycles. The van der Waals surface area contributed by atoms with Crippen molar-refractivity contribution in [1.29, 1.82) is 0 Å². The molecule has 1 aromatic rings. The van der Waals surface area contributed by atoms with Gasteiger partial charge in [0.25, 0.3) is 0 Å². The predicted molar refractivity (Wildman–Crippen MR) is 54.7 cm³/mol. The van der Waals surface area contributed by atoms with Crippen molar-refractivity contribution >= 4 is 9.84 Å². The lowest BCUT2D eigenvalue weighted by Gasteiger charge is -2.17. The molecule has 1 aromatic heterocycles. The van der Waals surface area contributed by atoms with Gasteiger partial charge in [0, 0.05) is 12.3 Å². The van der Waals surface area contributed by atoms with Gasteiger partial charge < -0.3 is 10.2 Å². The second-order valence-electron chi connectivity index (χ2n) is 3.53. The normalized spacial score (nSPS) is 16.5. The van der Waals surface area contributed by atoms with Crippen LogP contribution in [0.2, 0.25) is 0 Å². The van der Waals surface area contributed by atoms with Gasteiger partial charge in [-0.1, -0.05) is 0 Å². The van der Waals surface area contributed by atoms with E-state index in [1.54, 1.807) is 25.5 Å². The van der Waals surface area contributed by atoms with Crippen molar-refractivity contribution in [3.05, 3.63) is 24.2 Å². The lowest BCUT2D eigenvalue weighted by Crippen LogP contribution is -2.39. The largest absolute Gasteiger partial charge is 0.472 e. The molecule has 0 saturated carbocycles. The van der Waals surface area contributed by atoms with Crippen molar-refractivity contribution < 1.29 is 12.8 Å². The topological polar surface area (TPSA) is 73.3 Å². The Balaban J connectivity index is 2.63. The first-order valence-electron chi connectivity index (χ1n) is 4.37. The lowest BCUT2D eigenvalue weighted by atomic mass is 10.1. The number of hydrogen-bond donors (Lipinski definition) is 1. The quantitative estimate of drug-likeness (QED) is 0.800. The molecule has 2 unspecified atom stereocenters. The minimum absolute atomic E-state index is 0.386. The molecule has 0 aliphatic rings. The Morgan fingerprint density at radius 2 is 2.21 bits per heavy atom. The zero-order chi connectivity index (χ0) is 10.8. The second kappa shape index (κ2) is 4.14. The van der Waals surface area contributed by atoms with Gasteiger partial charge in [0.1, 0.15) is 0 Å². The zero-order valence-corrected chi connectivity index (χ0v) is 9.12. The molecule has 1 rings (SSSR count). The Hall–Kier alpha value is -0.810. The summed E-state index contributed by atoms with van der Waals surface area (Å²) >= 11 is 0. The van der Waals surface area contributed by atoms with Crippen LogP contribution in [0.4, 0.5) is 0 Å². The third kappa shape index (κ3) is 2.85. The van der Waals surface area contributed by atoms with Crippen molar-refractivity contribution in [2.75, 3.05) is 6.26 Å². The maximum atomic E-state index is 11.2. The highest BCUT2D eigenvalue weighted by Crippen LogP contribution is 2.09. The zero-order valence-electron chi connectivity index (χ0n) is 8.30. The van der Waals surface area contributed by atoms with E-state index in [1.165, 1.54) is 6.26 Å². The van der Waals surface area contributed by atoms with Crippen molar-refractivity contribution in [1.82, 2.24) is 0 Å². The summed E-state index contributed by atoms with van der Waals surface area (Å²) in [6, 6.07) is 1.40. The molecule has 80 valence electrons. The third-order valence-electron chi connectivity index (χ3n) is 2.33. The Morgan fingerprint density at radius 1 is 1.57 bits per heavy atom. The van der Waals surface area contributed by atoms with Crippen LogP contribution in [0.15, 0.2) is 23.0 Å². The maximum absolute atomic E-state index is 11.2. The molecule has 0 spiro atoms. The van der Waals surface area contributed by atoms with Gasteiger partial charge in [-0.05, 0) is 25.0 Å². The van der Waals surface area contributed by atoms with E-state index >= 15 is 0 Å². The summed E-state index contributed by atoms with van der Waals surface area (Å²) in [5.41, 5.74) is 6.70. The molecule has 0 aliphatic carbocycles. The summed E-state index contributed by atoms with van der Waals surface area (Å²) in [7, 11) is -3.06. The van der Waals surface area contributed by atoms with Gasteiger partial charge in [-0.15, -0.1) is 0 Å². The Morgan fingerprint density at radius 3 is 2.64 bits per heavy atom. The molecule has 0 radical (unpaired) electrons. The first-order chi connectivity index (χ1) is 6.41. The fourth-order valence-electron chi connectivity index (χ4n) is 1.16. The van der Waals surface area contributed by atoms with Crippen LogP contribution in [0.25, 0.3) is 0 Å². The minimum atomic E-state index is -3.06. The van der Waals surface area contributed by atoms with E-state index in [4.69, 9.17) is 10.2 Å². The highest BCUT2D eigenvalue weighted by molar-refractivity contribution is 7.91. The SMILES string of the molecule is CC(C(N)Cc1ccoc1)S(C)(=O)=O. The number of rotatable bonds is 4. The highest BCUT2D eigenvalue weighted by Gasteiger charge is 2.22. The lowest BCUT2D eigenvalue weighted by molar-refractivity contribution is 0.549. The predicted octanol–water partition coefficient (Wildman–Crippen LogP) is 0.583. The van der Waals surface area contributed by atoms with Crippen LogP contribution < -0.4 is 5.73 Å². The summed E-state index contributed by atoms with van der Waals surface area (Å²) < 4.78 is 27.3. The van der Waals surface area contributed by atoms with Crippen LogP contribution in [0.3, 0.4) is 0 Å². The Bertz CT molecular complexity index is 369. The van der Waals surface area contributed by atoms with Gasteiger partial charge in [-0.3, -0.25) is 0 Å². The molecule has 5 heteroatoms. The van der Waals surface area contributed by atoms with Crippen LogP contribution in [0.5, 0.6) is 0 Å². The van der Waals surface area contributed by atoms with Crippen molar-refractivity contribution in [2.24, 2.45) is 5.73 Å². The van der Waals surface area contributed by atoms with Gasteiger partial charge in [0.15, 0.2) is 9.84 Å². The molecule has 4 nitrogen and oxygen atoms in total. The number of nitrogens with two attached hydrogens (primary N) is 1. The van der Waals surface area contributed by atoms with Gasteiger partial charge in [0.05, 0.1) is 17.8 Å². The molecule has 2 N–H and O–H groups in total. The van der Waals surface area contributed by atoms with E-state index < -0.39 is 15.1 Å².